The average Bonchev–Trinajstić information content (AvgIpc) is 2.59. The number of amides is 1. The van der Waals surface area contributed by atoms with E-state index < -0.39 is 0 Å². The molecule has 2 heterocycles. The van der Waals surface area contributed by atoms with E-state index in [1.165, 1.54) is 17.5 Å². The third kappa shape index (κ3) is 2.72. The number of hydrogen-bond acceptors (Lipinski definition) is 5. The summed E-state index contributed by atoms with van der Waals surface area (Å²) in [6.07, 6.45) is 1.47. The predicted octanol–water partition coefficient (Wildman–Crippen LogP) is 2.33. The number of carbonyl (C=O) groups excluding carboxylic acids is 1. The monoisotopic (exact) mass is 268 g/mol. The summed E-state index contributed by atoms with van der Waals surface area (Å²) >= 11 is 6.95. The van der Waals surface area contributed by atoms with Crippen LogP contribution < -0.4 is 11.1 Å². The van der Waals surface area contributed by atoms with E-state index in [1.807, 2.05) is 6.92 Å². The molecule has 0 atom stereocenters. The van der Waals surface area contributed by atoms with Crippen molar-refractivity contribution in [2.75, 3.05) is 11.1 Å². The highest BCUT2D eigenvalue weighted by Crippen LogP contribution is 2.24. The third-order valence-electron chi connectivity index (χ3n) is 2.05. The predicted molar refractivity (Wildman–Crippen MR) is 68.5 cm³/mol. The first-order valence-corrected chi connectivity index (χ1v) is 5.91. The zero-order valence-corrected chi connectivity index (χ0v) is 10.5. The molecule has 0 radical (unpaired) electrons. The molecule has 0 spiro atoms. The van der Waals surface area contributed by atoms with Crippen molar-refractivity contribution in [1.82, 2.24) is 9.97 Å². The molecule has 3 N–H and O–H groups in total. The molecule has 1 amide bonds. The van der Waals surface area contributed by atoms with E-state index in [0.717, 1.165) is 4.88 Å². The molecule has 0 aromatic carbocycles. The van der Waals surface area contributed by atoms with Gasteiger partial charge in [0.1, 0.15) is 5.82 Å². The number of nitrogen functional groups attached to an aromatic ring is 1. The Morgan fingerprint density at radius 1 is 1.59 bits per heavy atom. The lowest BCUT2D eigenvalue weighted by atomic mass is 10.3. The van der Waals surface area contributed by atoms with Crippen LogP contribution in [0.4, 0.5) is 11.5 Å². The fourth-order valence-corrected chi connectivity index (χ4v) is 2.17. The Morgan fingerprint density at radius 3 is 2.94 bits per heavy atom. The molecule has 0 aliphatic rings. The summed E-state index contributed by atoms with van der Waals surface area (Å²) in [5.74, 6) is 0.101. The first kappa shape index (κ1) is 11.8. The normalized spacial score (nSPS) is 10.2. The zero-order valence-electron chi connectivity index (χ0n) is 8.90. The molecule has 2 aromatic rings. The lowest BCUT2D eigenvalue weighted by molar-refractivity contribution is 0.103. The van der Waals surface area contributed by atoms with Crippen molar-refractivity contribution in [3.63, 3.8) is 0 Å². The SMILES string of the molecule is Cc1sc(C(=O)Nc2ccnc(Cl)n2)cc1N. The van der Waals surface area contributed by atoms with Gasteiger partial charge in [0, 0.05) is 16.8 Å². The Labute approximate surface area is 107 Å². The minimum atomic E-state index is -0.260. The summed E-state index contributed by atoms with van der Waals surface area (Å²) in [4.78, 5) is 20.9. The van der Waals surface area contributed by atoms with Crippen LogP contribution in [0.15, 0.2) is 18.3 Å². The molecule has 5 nitrogen and oxygen atoms in total. The minimum Gasteiger partial charge on any atom is -0.398 e. The molecule has 17 heavy (non-hydrogen) atoms. The van der Waals surface area contributed by atoms with Gasteiger partial charge in [0.2, 0.25) is 5.28 Å². The second kappa shape index (κ2) is 4.68. The highest BCUT2D eigenvalue weighted by Gasteiger charge is 2.11. The Balaban J connectivity index is 2.17. The summed E-state index contributed by atoms with van der Waals surface area (Å²) < 4.78 is 0. The third-order valence-corrected chi connectivity index (χ3v) is 3.29. The van der Waals surface area contributed by atoms with Crippen molar-refractivity contribution in [3.8, 4) is 0 Å². The highest BCUT2D eigenvalue weighted by atomic mass is 35.5. The molecule has 0 aliphatic heterocycles. The Bertz CT molecular complexity index is 550. The van der Waals surface area contributed by atoms with Crippen molar-refractivity contribution in [2.24, 2.45) is 0 Å². The van der Waals surface area contributed by atoms with Gasteiger partial charge in [-0.15, -0.1) is 11.3 Å². The number of rotatable bonds is 2. The summed E-state index contributed by atoms with van der Waals surface area (Å²) in [6, 6.07) is 3.20. The minimum absolute atomic E-state index is 0.0877. The highest BCUT2D eigenvalue weighted by molar-refractivity contribution is 7.14. The summed E-state index contributed by atoms with van der Waals surface area (Å²) in [7, 11) is 0. The van der Waals surface area contributed by atoms with Crippen molar-refractivity contribution in [3.05, 3.63) is 33.4 Å². The summed E-state index contributed by atoms with van der Waals surface area (Å²) in [5, 5.41) is 2.71. The molecule has 2 aromatic heterocycles. The van der Waals surface area contributed by atoms with Gasteiger partial charge in [0.05, 0.1) is 4.88 Å². The largest absolute Gasteiger partial charge is 0.398 e. The number of nitrogens with two attached hydrogens (primary N) is 1. The van der Waals surface area contributed by atoms with Crippen molar-refractivity contribution in [2.45, 2.75) is 6.92 Å². The van der Waals surface area contributed by atoms with Crippen LogP contribution in [0.3, 0.4) is 0 Å². The molecule has 0 saturated carbocycles. The van der Waals surface area contributed by atoms with Crippen LogP contribution in [0.25, 0.3) is 0 Å². The van der Waals surface area contributed by atoms with E-state index in [2.05, 4.69) is 15.3 Å². The Kier molecular flexibility index (Phi) is 3.26. The topological polar surface area (TPSA) is 80.9 Å². The number of carbonyl (C=O) groups is 1. The molecular formula is C10H9ClN4OS. The molecule has 0 saturated heterocycles. The molecule has 0 fully saturated rings. The molecule has 7 heteroatoms. The van der Waals surface area contributed by atoms with E-state index >= 15 is 0 Å². The molecular weight excluding hydrogens is 260 g/mol. The number of thiophene rings is 1. The molecule has 2 rings (SSSR count). The molecule has 0 aliphatic carbocycles. The summed E-state index contributed by atoms with van der Waals surface area (Å²) in [6.45, 7) is 1.86. The Morgan fingerprint density at radius 2 is 2.35 bits per heavy atom. The van der Waals surface area contributed by atoms with Crippen molar-refractivity contribution < 1.29 is 4.79 Å². The van der Waals surface area contributed by atoms with Crippen LogP contribution in [0.2, 0.25) is 5.28 Å². The van der Waals surface area contributed by atoms with Crippen LogP contribution in [0.1, 0.15) is 14.5 Å². The maximum atomic E-state index is 11.8. The van der Waals surface area contributed by atoms with Gasteiger partial charge < -0.3 is 11.1 Å². The van der Waals surface area contributed by atoms with Crippen LogP contribution in [0.5, 0.6) is 0 Å². The van der Waals surface area contributed by atoms with Gasteiger partial charge in [-0.05, 0) is 30.7 Å². The van der Waals surface area contributed by atoms with Gasteiger partial charge in [-0.3, -0.25) is 4.79 Å². The van der Waals surface area contributed by atoms with E-state index in [9.17, 15) is 4.79 Å². The lowest BCUT2D eigenvalue weighted by Crippen LogP contribution is -2.11. The molecule has 88 valence electrons. The number of aromatic nitrogens is 2. The van der Waals surface area contributed by atoms with Gasteiger partial charge in [-0.1, -0.05) is 0 Å². The van der Waals surface area contributed by atoms with Crippen LogP contribution in [0, 0.1) is 6.92 Å². The number of halogens is 1. The maximum Gasteiger partial charge on any atom is 0.266 e. The van der Waals surface area contributed by atoms with Gasteiger partial charge in [-0.25, -0.2) is 9.97 Å². The van der Waals surface area contributed by atoms with E-state index in [0.29, 0.717) is 16.4 Å². The lowest BCUT2D eigenvalue weighted by Gasteiger charge is -2.01. The van der Waals surface area contributed by atoms with Crippen molar-refractivity contribution in [1.29, 1.82) is 0 Å². The fraction of sp³-hybridized carbons (Fsp3) is 0.100. The van der Waals surface area contributed by atoms with Crippen LogP contribution in [-0.4, -0.2) is 15.9 Å². The van der Waals surface area contributed by atoms with Gasteiger partial charge >= 0.3 is 0 Å². The molecule has 0 bridgehead atoms. The quantitative estimate of drug-likeness (QED) is 0.819. The number of nitrogens with zero attached hydrogens (tertiary/aromatic N) is 2. The average molecular weight is 269 g/mol. The number of nitrogens with one attached hydrogen (secondary N) is 1. The first-order chi connectivity index (χ1) is 8.06. The maximum absolute atomic E-state index is 11.8. The second-order valence-corrected chi connectivity index (χ2v) is 4.88. The number of aryl methyl sites for hydroxylation is 1. The van der Waals surface area contributed by atoms with E-state index in [4.69, 9.17) is 17.3 Å². The van der Waals surface area contributed by atoms with Gasteiger partial charge in [0.25, 0.3) is 5.91 Å². The van der Waals surface area contributed by atoms with Gasteiger partial charge in [0.15, 0.2) is 0 Å². The molecule has 0 unspecified atom stereocenters. The first-order valence-electron chi connectivity index (χ1n) is 4.72. The second-order valence-electron chi connectivity index (χ2n) is 3.29. The van der Waals surface area contributed by atoms with Crippen LogP contribution in [-0.2, 0) is 0 Å². The van der Waals surface area contributed by atoms with E-state index in [-0.39, 0.29) is 11.2 Å². The fourth-order valence-electron chi connectivity index (χ4n) is 1.19. The van der Waals surface area contributed by atoms with E-state index in [1.54, 1.807) is 12.1 Å². The van der Waals surface area contributed by atoms with Gasteiger partial charge in [-0.2, -0.15) is 0 Å². The zero-order chi connectivity index (χ0) is 12.4. The van der Waals surface area contributed by atoms with Crippen molar-refractivity contribution >= 4 is 40.4 Å². The number of hydrogen-bond donors (Lipinski definition) is 2. The standard InChI is InChI=1S/C10H9ClN4OS/c1-5-6(12)4-7(17-5)9(16)14-8-2-3-13-10(11)15-8/h2-4H,12H2,1H3,(H,13,14,15,16). The Hall–Kier alpha value is -1.66. The smallest absolute Gasteiger partial charge is 0.266 e. The summed E-state index contributed by atoms with van der Waals surface area (Å²) in [5.41, 5.74) is 6.29. The van der Waals surface area contributed by atoms with Crippen LogP contribution >= 0.6 is 22.9 Å². The number of anilines is 2.